The first-order valence-electron chi connectivity index (χ1n) is 5.57. The molecule has 0 bridgehead atoms. The third-order valence-corrected chi connectivity index (χ3v) is 3.81. The van der Waals surface area contributed by atoms with Gasteiger partial charge in [-0.1, -0.05) is 13.8 Å². The number of nitrogens with zero attached hydrogens (tertiary/aromatic N) is 1. The lowest BCUT2D eigenvalue weighted by molar-refractivity contribution is -0.123. The lowest BCUT2D eigenvalue weighted by Gasteiger charge is -2.35. The molecule has 1 fully saturated rings. The number of aromatic nitrogens is 1. The minimum Gasteiger partial charge on any atom is -0.317 e. The standard InChI is InChI=1S/C11H17N3OS.ClH/c1-7(2)8-6-16-10(13-8)14-9(15)11(12)4-3-5-11;/h6-7H,3-5,12H2,1-2H3,(H,13,14,15);1H. The fourth-order valence-electron chi connectivity index (χ4n) is 1.62. The molecule has 0 atom stereocenters. The molecule has 1 aliphatic carbocycles. The van der Waals surface area contributed by atoms with Gasteiger partial charge in [-0.05, 0) is 25.2 Å². The van der Waals surface area contributed by atoms with Gasteiger partial charge in [-0.25, -0.2) is 4.98 Å². The highest BCUT2D eigenvalue weighted by atomic mass is 35.5. The quantitative estimate of drug-likeness (QED) is 0.891. The predicted octanol–water partition coefficient (Wildman–Crippen LogP) is 2.51. The Bertz CT molecular complexity index is 401. The number of rotatable bonds is 3. The van der Waals surface area contributed by atoms with E-state index in [2.05, 4.69) is 24.1 Å². The normalized spacial score (nSPS) is 17.2. The van der Waals surface area contributed by atoms with Crippen LogP contribution in [0, 0.1) is 0 Å². The largest absolute Gasteiger partial charge is 0.317 e. The van der Waals surface area contributed by atoms with E-state index in [0.717, 1.165) is 25.0 Å². The van der Waals surface area contributed by atoms with E-state index < -0.39 is 5.54 Å². The lowest BCUT2D eigenvalue weighted by Crippen LogP contribution is -2.56. The van der Waals surface area contributed by atoms with E-state index in [1.54, 1.807) is 0 Å². The van der Waals surface area contributed by atoms with Crippen LogP contribution in [0.5, 0.6) is 0 Å². The monoisotopic (exact) mass is 275 g/mol. The molecular weight excluding hydrogens is 258 g/mol. The van der Waals surface area contributed by atoms with Gasteiger partial charge in [0.15, 0.2) is 5.13 Å². The Labute approximate surface area is 111 Å². The topological polar surface area (TPSA) is 68.0 Å². The molecule has 1 saturated carbocycles. The Hall–Kier alpha value is -0.650. The summed E-state index contributed by atoms with van der Waals surface area (Å²) in [7, 11) is 0. The van der Waals surface area contributed by atoms with Gasteiger partial charge in [0.05, 0.1) is 11.2 Å². The number of carbonyl (C=O) groups is 1. The second-order valence-corrected chi connectivity index (χ2v) is 5.55. The molecule has 3 N–H and O–H groups in total. The molecule has 4 nitrogen and oxygen atoms in total. The average Bonchev–Trinajstić information content (AvgIpc) is 2.62. The summed E-state index contributed by atoms with van der Waals surface area (Å²) in [5.41, 5.74) is 6.29. The first kappa shape index (κ1) is 14.4. The van der Waals surface area contributed by atoms with Gasteiger partial charge in [0.2, 0.25) is 5.91 Å². The first-order chi connectivity index (χ1) is 7.51. The van der Waals surface area contributed by atoms with Crippen molar-refractivity contribution in [3.05, 3.63) is 11.1 Å². The zero-order valence-electron chi connectivity index (χ0n) is 10.0. The molecule has 0 unspecified atom stereocenters. The van der Waals surface area contributed by atoms with E-state index in [1.807, 2.05) is 5.38 Å². The van der Waals surface area contributed by atoms with Crippen molar-refractivity contribution >= 4 is 34.8 Å². The summed E-state index contributed by atoms with van der Waals surface area (Å²) < 4.78 is 0. The maximum atomic E-state index is 11.8. The molecule has 0 radical (unpaired) electrons. The Morgan fingerprint density at radius 2 is 2.24 bits per heavy atom. The number of thiazole rings is 1. The maximum Gasteiger partial charge on any atom is 0.246 e. The predicted molar refractivity (Wildman–Crippen MR) is 72.9 cm³/mol. The van der Waals surface area contributed by atoms with Crippen LogP contribution in [0.15, 0.2) is 5.38 Å². The van der Waals surface area contributed by atoms with Gasteiger partial charge in [0.1, 0.15) is 0 Å². The van der Waals surface area contributed by atoms with Crippen molar-refractivity contribution in [1.82, 2.24) is 4.98 Å². The van der Waals surface area contributed by atoms with E-state index >= 15 is 0 Å². The molecule has 1 aromatic heterocycles. The molecule has 1 aromatic rings. The lowest BCUT2D eigenvalue weighted by atomic mass is 9.77. The van der Waals surface area contributed by atoms with Crippen LogP contribution >= 0.6 is 23.7 Å². The molecule has 17 heavy (non-hydrogen) atoms. The van der Waals surface area contributed by atoms with Crippen LogP contribution in [0.2, 0.25) is 0 Å². The summed E-state index contributed by atoms with van der Waals surface area (Å²) in [5.74, 6) is 0.292. The summed E-state index contributed by atoms with van der Waals surface area (Å²) >= 11 is 1.46. The van der Waals surface area contributed by atoms with E-state index in [1.165, 1.54) is 11.3 Å². The second kappa shape index (κ2) is 5.33. The molecule has 6 heteroatoms. The van der Waals surface area contributed by atoms with Crippen LogP contribution in [-0.2, 0) is 4.79 Å². The third-order valence-electron chi connectivity index (χ3n) is 3.03. The van der Waals surface area contributed by atoms with E-state index in [0.29, 0.717) is 11.0 Å². The van der Waals surface area contributed by atoms with Gasteiger partial charge in [-0.15, -0.1) is 23.7 Å². The van der Waals surface area contributed by atoms with Crippen molar-refractivity contribution in [3.63, 3.8) is 0 Å². The molecular formula is C11H18ClN3OS. The van der Waals surface area contributed by atoms with Crippen molar-refractivity contribution in [2.75, 3.05) is 5.32 Å². The van der Waals surface area contributed by atoms with Crippen molar-refractivity contribution < 1.29 is 4.79 Å². The minimum absolute atomic E-state index is 0. The van der Waals surface area contributed by atoms with Crippen LogP contribution in [0.25, 0.3) is 0 Å². The number of hydrogen-bond acceptors (Lipinski definition) is 4. The fraction of sp³-hybridized carbons (Fsp3) is 0.636. The number of halogens is 1. The average molecular weight is 276 g/mol. The Morgan fingerprint density at radius 3 is 2.65 bits per heavy atom. The number of carbonyl (C=O) groups excluding carboxylic acids is 1. The van der Waals surface area contributed by atoms with Crippen molar-refractivity contribution in [2.24, 2.45) is 5.73 Å². The Morgan fingerprint density at radius 1 is 1.59 bits per heavy atom. The summed E-state index contributed by atoms with van der Waals surface area (Å²) in [6, 6.07) is 0. The zero-order valence-corrected chi connectivity index (χ0v) is 11.7. The van der Waals surface area contributed by atoms with Crippen molar-refractivity contribution in [1.29, 1.82) is 0 Å². The molecule has 1 aliphatic rings. The van der Waals surface area contributed by atoms with Crippen LogP contribution in [0.3, 0.4) is 0 Å². The van der Waals surface area contributed by atoms with E-state index in [9.17, 15) is 4.79 Å². The van der Waals surface area contributed by atoms with Gasteiger partial charge in [-0.2, -0.15) is 0 Å². The number of nitrogens with two attached hydrogens (primary N) is 1. The van der Waals surface area contributed by atoms with Crippen molar-refractivity contribution in [2.45, 2.75) is 44.6 Å². The third kappa shape index (κ3) is 2.97. The fourth-order valence-corrected chi connectivity index (χ4v) is 2.48. The molecule has 1 heterocycles. The van der Waals surface area contributed by atoms with Gasteiger partial charge < -0.3 is 11.1 Å². The van der Waals surface area contributed by atoms with Crippen LogP contribution in [-0.4, -0.2) is 16.4 Å². The maximum absolute atomic E-state index is 11.8. The minimum atomic E-state index is -0.649. The summed E-state index contributed by atoms with van der Waals surface area (Å²) in [4.78, 5) is 16.2. The number of hydrogen-bond donors (Lipinski definition) is 2. The smallest absolute Gasteiger partial charge is 0.246 e. The van der Waals surface area contributed by atoms with Gasteiger partial charge in [-0.3, -0.25) is 4.79 Å². The van der Waals surface area contributed by atoms with E-state index in [-0.39, 0.29) is 18.3 Å². The Kier molecular flexibility index (Phi) is 4.52. The highest BCUT2D eigenvalue weighted by molar-refractivity contribution is 7.13. The van der Waals surface area contributed by atoms with Gasteiger partial charge >= 0.3 is 0 Å². The summed E-state index contributed by atoms with van der Waals surface area (Å²) in [6.45, 7) is 4.16. The van der Waals surface area contributed by atoms with Crippen LogP contribution in [0.1, 0.15) is 44.7 Å². The second-order valence-electron chi connectivity index (χ2n) is 4.70. The highest BCUT2D eigenvalue weighted by Gasteiger charge is 2.40. The SMILES string of the molecule is CC(C)c1csc(NC(=O)C2(N)CCC2)n1.Cl. The molecule has 0 aromatic carbocycles. The molecule has 0 saturated heterocycles. The van der Waals surface area contributed by atoms with Crippen LogP contribution < -0.4 is 11.1 Å². The van der Waals surface area contributed by atoms with Gasteiger partial charge in [0.25, 0.3) is 0 Å². The molecule has 96 valence electrons. The van der Waals surface area contributed by atoms with Gasteiger partial charge in [0, 0.05) is 5.38 Å². The summed E-state index contributed by atoms with van der Waals surface area (Å²) in [5, 5.41) is 5.44. The molecule has 0 spiro atoms. The first-order valence-corrected chi connectivity index (χ1v) is 6.45. The molecule has 2 rings (SSSR count). The number of anilines is 1. The number of nitrogens with one attached hydrogen (secondary N) is 1. The van der Waals surface area contributed by atoms with E-state index in [4.69, 9.17) is 5.73 Å². The number of amides is 1. The molecule has 0 aliphatic heterocycles. The zero-order chi connectivity index (χ0) is 11.8. The highest BCUT2D eigenvalue weighted by Crippen LogP contribution is 2.31. The van der Waals surface area contributed by atoms with Crippen LogP contribution in [0.4, 0.5) is 5.13 Å². The summed E-state index contributed by atoms with van der Waals surface area (Å²) in [6.07, 6.45) is 2.60. The van der Waals surface area contributed by atoms with Crippen molar-refractivity contribution in [3.8, 4) is 0 Å². The Balaban J connectivity index is 0.00000144. The molecule has 1 amide bonds.